The predicted molar refractivity (Wildman–Crippen MR) is 83.7 cm³/mol. The average molecular weight is 292 g/mol. The summed E-state index contributed by atoms with van der Waals surface area (Å²) in [5.41, 5.74) is 6.15. The molecule has 4 heteroatoms. The van der Waals surface area contributed by atoms with Gasteiger partial charge in [-0.15, -0.1) is 0 Å². The lowest BCUT2D eigenvalue weighted by molar-refractivity contribution is 0.0996. The Kier molecular flexibility index (Phi) is 4.55. The van der Waals surface area contributed by atoms with Crippen molar-refractivity contribution >= 4 is 11.6 Å². The Morgan fingerprint density at radius 3 is 2.57 bits per heavy atom. The summed E-state index contributed by atoms with van der Waals surface area (Å²) in [6, 6.07) is 4.85. The van der Waals surface area contributed by atoms with Gasteiger partial charge in [-0.2, -0.15) is 0 Å². The molecule has 1 amide bonds. The van der Waals surface area contributed by atoms with E-state index in [1.807, 2.05) is 0 Å². The van der Waals surface area contributed by atoms with Gasteiger partial charge in [0.2, 0.25) is 0 Å². The van der Waals surface area contributed by atoms with Crippen LogP contribution in [0.3, 0.4) is 0 Å². The van der Waals surface area contributed by atoms with Crippen LogP contribution in [0.1, 0.15) is 56.8 Å². The molecule has 2 atom stereocenters. The van der Waals surface area contributed by atoms with E-state index >= 15 is 0 Å². The number of primary amides is 1. The number of nitrogens with one attached hydrogen (secondary N) is 1. The van der Waals surface area contributed by atoms with Gasteiger partial charge in [0.15, 0.2) is 0 Å². The summed E-state index contributed by atoms with van der Waals surface area (Å²) in [7, 11) is 0. The number of carbonyl (C=O) groups is 1. The van der Waals surface area contributed by atoms with Crippen molar-refractivity contribution in [1.29, 1.82) is 0 Å². The van der Waals surface area contributed by atoms with Crippen molar-refractivity contribution in [2.45, 2.75) is 52.5 Å². The molecule has 0 heterocycles. The zero-order valence-corrected chi connectivity index (χ0v) is 13.1. The van der Waals surface area contributed by atoms with Crippen molar-refractivity contribution in [2.24, 2.45) is 17.1 Å². The SMILES string of the molecule is CC(C)(C)C1CCCCC1Nc1ccc(F)c(C(N)=O)c1. The normalized spacial score (nSPS) is 22.9. The van der Waals surface area contributed by atoms with Crippen LogP contribution >= 0.6 is 0 Å². The van der Waals surface area contributed by atoms with Crippen molar-refractivity contribution in [1.82, 2.24) is 0 Å². The molecule has 1 aromatic carbocycles. The quantitative estimate of drug-likeness (QED) is 0.886. The number of benzene rings is 1. The molecule has 1 aromatic rings. The Morgan fingerprint density at radius 1 is 1.29 bits per heavy atom. The molecule has 0 saturated heterocycles. The summed E-state index contributed by atoms with van der Waals surface area (Å²) in [6.07, 6.45) is 4.76. The third kappa shape index (κ3) is 3.74. The lowest BCUT2D eigenvalue weighted by Crippen LogP contribution is -2.39. The maximum absolute atomic E-state index is 13.5. The maximum atomic E-state index is 13.5. The molecule has 3 N–H and O–H groups in total. The highest BCUT2D eigenvalue weighted by molar-refractivity contribution is 5.94. The van der Waals surface area contributed by atoms with Crippen LogP contribution in [0.4, 0.5) is 10.1 Å². The van der Waals surface area contributed by atoms with E-state index in [0.29, 0.717) is 12.0 Å². The molecule has 3 nitrogen and oxygen atoms in total. The van der Waals surface area contributed by atoms with Crippen molar-refractivity contribution < 1.29 is 9.18 Å². The van der Waals surface area contributed by atoms with Crippen LogP contribution in [-0.4, -0.2) is 11.9 Å². The second-order valence-corrected chi connectivity index (χ2v) is 7.07. The van der Waals surface area contributed by atoms with E-state index in [9.17, 15) is 9.18 Å². The summed E-state index contributed by atoms with van der Waals surface area (Å²) in [6.45, 7) is 6.78. The number of nitrogens with two attached hydrogens (primary N) is 1. The zero-order chi connectivity index (χ0) is 15.6. The molecule has 0 radical (unpaired) electrons. The topological polar surface area (TPSA) is 55.1 Å². The van der Waals surface area contributed by atoms with Gasteiger partial charge < -0.3 is 11.1 Å². The smallest absolute Gasteiger partial charge is 0.251 e. The van der Waals surface area contributed by atoms with Gasteiger partial charge in [-0.1, -0.05) is 33.6 Å². The zero-order valence-electron chi connectivity index (χ0n) is 13.1. The number of hydrogen-bond acceptors (Lipinski definition) is 2. The van der Waals surface area contributed by atoms with E-state index in [1.54, 1.807) is 6.07 Å². The summed E-state index contributed by atoms with van der Waals surface area (Å²) < 4.78 is 13.5. The fourth-order valence-electron chi connectivity index (χ4n) is 3.36. The first-order valence-electron chi connectivity index (χ1n) is 7.65. The molecule has 0 bridgehead atoms. The van der Waals surface area contributed by atoms with Gasteiger partial charge in [0.25, 0.3) is 5.91 Å². The lowest BCUT2D eigenvalue weighted by Gasteiger charge is -2.41. The first-order valence-corrected chi connectivity index (χ1v) is 7.65. The van der Waals surface area contributed by atoms with Crippen molar-refractivity contribution in [3.05, 3.63) is 29.6 Å². The van der Waals surface area contributed by atoms with E-state index < -0.39 is 11.7 Å². The van der Waals surface area contributed by atoms with Crippen LogP contribution < -0.4 is 11.1 Å². The van der Waals surface area contributed by atoms with Gasteiger partial charge in [0.1, 0.15) is 5.82 Å². The van der Waals surface area contributed by atoms with Crippen LogP contribution in [0.2, 0.25) is 0 Å². The monoisotopic (exact) mass is 292 g/mol. The van der Waals surface area contributed by atoms with Gasteiger partial charge in [-0.05, 0) is 42.4 Å². The lowest BCUT2D eigenvalue weighted by atomic mass is 9.69. The fraction of sp³-hybridized carbons (Fsp3) is 0.588. The number of hydrogen-bond donors (Lipinski definition) is 2. The molecule has 1 saturated carbocycles. The van der Waals surface area contributed by atoms with Crippen molar-refractivity contribution in [2.75, 3.05) is 5.32 Å². The minimum atomic E-state index is -0.729. The highest BCUT2D eigenvalue weighted by atomic mass is 19.1. The third-order valence-electron chi connectivity index (χ3n) is 4.46. The Hall–Kier alpha value is -1.58. The van der Waals surface area contributed by atoms with Gasteiger partial charge in [-0.25, -0.2) is 4.39 Å². The van der Waals surface area contributed by atoms with Crippen LogP contribution in [0.15, 0.2) is 18.2 Å². The van der Waals surface area contributed by atoms with Gasteiger partial charge in [-0.3, -0.25) is 4.79 Å². The molecule has 1 aliphatic carbocycles. The molecule has 0 aliphatic heterocycles. The number of anilines is 1. The van der Waals surface area contributed by atoms with Crippen LogP contribution in [0, 0.1) is 17.2 Å². The number of rotatable bonds is 3. The second kappa shape index (κ2) is 6.04. The first kappa shape index (κ1) is 15.8. The third-order valence-corrected chi connectivity index (χ3v) is 4.46. The van der Waals surface area contributed by atoms with Crippen LogP contribution in [0.25, 0.3) is 0 Å². The molecular weight excluding hydrogens is 267 g/mol. The van der Waals surface area contributed by atoms with E-state index in [4.69, 9.17) is 5.73 Å². The largest absolute Gasteiger partial charge is 0.382 e. The Bertz CT molecular complexity index is 522. The summed E-state index contributed by atoms with van der Waals surface area (Å²) in [4.78, 5) is 11.2. The summed E-state index contributed by atoms with van der Waals surface area (Å²) in [5.74, 6) is -0.732. The molecule has 1 fully saturated rings. The minimum absolute atomic E-state index is 0.0527. The minimum Gasteiger partial charge on any atom is -0.382 e. The molecule has 0 spiro atoms. The van der Waals surface area contributed by atoms with Crippen LogP contribution in [-0.2, 0) is 0 Å². The highest BCUT2D eigenvalue weighted by Crippen LogP contribution is 2.39. The number of carbonyl (C=O) groups excluding carboxylic acids is 1. The molecule has 0 aromatic heterocycles. The Balaban J connectivity index is 2.20. The molecular formula is C17H25FN2O. The highest BCUT2D eigenvalue weighted by Gasteiger charge is 2.34. The van der Waals surface area contributed by atoms with Crippen molar-refractivity contribution in [3.8, 4) is 0 Å². The van der Waals surface area contributed by atoms with E-state index in [1.165, 1.54) is 31.4 Å². The maximum Gasteiger partial charge on any atom is 0.251 e. The second-order valence-electron chi connectivity index (χ2n) is 7.07. The summed E-state index contributed by atoms with van der Waals surface area (Å²) >= 11 is 0. The predicted octanol–water partition coefficient (Wildman–Crippen LogP) is 3.94. The first-order chi connectivity index (χ1) is 9.79. The van der Waals surface area contributed by atoms with E-state index in [2.05, 4.69) is 26.1 Å². The van der Waals surface area contributed by atoms with Gasteiger partial charge in [0.05, 0.1) is 5.56 Å². The van der Waals surface area contributed by atoms with Crippen LogP contribution in [0.5, 0.6) is 0 Å². The molecule has 1 aliphatic rings. The average Bonchev–Trinajstić information content (AvgIpc) is 2.40. The number of halogens is 1. The molecule has 21 heavy (non-hydrogen) atoms. The van der Waals surface area contributed by atoms with Gasteiger partial charge in [0, 0.05) is 11.7 Å². The molecule has 2 unspecified atom stereocenters. The molecule has 2 rings (SSSR count). The Labute approximate surface area is 126 Å². The standard InChI is InChI=1S/C17H25FN2O/c1-17(2,3)13-6-4-5-7-15(13)20-11-8-9-14(18)12(10-11)16(19)21/h8-10,13,15,20H,4-7H2,1-3H3,(H2,19,21). The van der Waals surface area contributed by atoms with E-state index in [0.717, 1.165) is 12.1 Å². The fourth-order valence-corrected chi connectivity index (χ4v) is 3.36. The summed E-state index contributed by atoms with van der Waals surface area (Å²) in [5, 5.41) is 3.49. The number of amides is 1. The van der Waals surface area contributed by atoms with Crippen molar-refractivity contribution in [3.63, 3.8) is 0 Å². The Morgan fingerprint density at radius 2 is 1.95 bits per heavy atom. The van der Waals surface area contributed by atoms with E-state index in [-0.39, 0.29) is 11.0 Å². The van der Waals surface area contributed by atoms with Gasteiger partial charge >= 0.3 is 0 Å². The molecule has 116 valence electrons.